The number of nitriles is 1. The number of amides is 4. The van der Waals surface area contributed by atoms with Crippen LogP contribution in [-0.2, 0) is 31.9 Å². The first-order valence-corrected chi connectivity index (χ1v) is 22.8. The van der Waals surface area contributed by atoms with Crippen LogP contribution >= 0.6 is 0 Å². The number of carbonyl (C=O) groups excluding carboxylic acids is 4. The molecule has 9 rings (SSSR count). The topological polar surface area (TPSA) is 158 Å². The maximum absolute atomic E-state index is 13.5. The lowest BCUT2D eigenvalue weighted by Gasteiger charge is -2.49. The van der Waals surface area contributed by atoms with Crippen LogP contribution in [0.25, 0.3) is 0 Å². The zero-order chi connectivity index (χ0) is 45.2. The van der Waals surface area contributed by atoms with E-state index in [1.54, 1.807) is 6.07 Å². The Kier molecular flexibility index (Phi) is 13.0. The number of imide groups is 1. The number of nitrogens with zero attached hydrogens (tertiary/aromatic N) is 8. The van der Waals surface area contributed by atoms with Gasteiger partial charge in [0.2, 0.25) is 17.7 Å². The summed E-state index contributed by atoms with van der Waals surface area (Å²) >= 11 is 0. The first-order chi connectivity index (χ1) is 31.4. The number of benzene rings is 2. The molecule has 1 unspecified atom stereocenters. The average Bonchev–Trinajstić information content (AvgIpc) is 3.46. The molecule has 1 atom stereocenters. The fourth-order valence-electron chi connectivity index (χ4n) is 10.2. The van der Waals surface area contributed by atoms with Crippen molar-refractivity contribution in [2.24, 2.45) is 11.8 Å². The van der Waals surface area contributed by atoms with E-state index >= 15 is 0 Å². The number of carbonyl (C=O) groups is 4. The van der Waals surface area contributed by atoms with Crippen LogP contribution in [0.3, 0.4) is 0 Å². The first kappa shape index (κ1) is 44.4. The molecule has 0 radical (unpaired) electrons. The van der Waals surface area contributed by atoms with E-state index in [4.69, 9.17) is 10.00 Å². The molecule has 6 aliphatic rings. The highest BCUT2D eigenvalue weighted by molar-refractivity contribution is 6.04. The number of hydrogen-bond acceptors (Lipinski definition) is 12. The number of aromatic nitrogens is 1. The SMILES string of the molecule is N#Cc1ccc(N2CCC(C(=O)Nc3ccc(N4CCC(CCN5CCN(C6CN(c7ccc8c(c7)COCN(C7CCC(=O)NC7=O)C8=O)C6)CC5)CC4)cn3)CC2)cc1C(F)(F)F. The molecule has 5 fully saturated rings. The number of rotatable bonds is 10. The van der Waals surface area contributed by atoms with Crippen LogP contribution in [-0.4, -0.2) is 134 Å². The molecule has 0 bridgehead atoms. The minimum absolute atomic E-state index is 0.00694. The standard InChI is InChI=1S/C47H55F3N10O5/c48-47(49,50)40-24-36(2-1-33(40)25-51)56-17-12-32(13-18-56)44(62)53-42-7-4-37(26-52-42)57-15-10-31(11-16-57)9-14-55-19-21-58(22-20-55)38-27-59(28-38)35-3-5-39-34(23-35)29-65-30-60(46(39)64)41-6-8-43(61)54-45(41)63/h1-5,7,23-24,26,31-32,38,41H,6,8-22,27-30H2,(H,52,53,62)(H,54,61,63). The monoisotopic (exact) mass is 896 g/mol. The van der Waals surface area contributed by atoms with Crippen molar-refractivity contribution in [1.82, 2.24) is 25.0 Å². The van der Waals surface area contributed by atoms with E-state index < -0.39 is 29.3 Å². The summed E-state index contributed by atoms with van der Waals surface area (Å²) in [5.41, 5.74) is 2.50. The summed E-state index contributed by atoms with van der Waals surface area (Å²) in [4.78, 5) is 68.4. The molecule has 15 nitrogen and oxygen atoms in total. The van der Waals surface area contributed by atoms with Gasteiger partial charge in [-0.25, -0.2) is 4.98 Å². The van der Waals surface area contributed by atoms with Gasteiger partial charge in [0, 0.05) is 101 Å². The Labute approximate surface area is 376 Å². The Balaban J connectivity index is 0.659. The second kappa shape index (κ2) is 19.0. The van der Waals surface area contributed by atoms with Crippen molar-refractivity contribution in [1.29, 1.82) is 5.26 Å². The molecule has 344 valence electrons. The summed E-state index contributed by atoms with van der Waals surface area (Å²) in [5, 5.41) is 14.4. The molecule has 1 aromatic heterocycles. The molecular formula is C47H55F3N10O5. The van der Waals surface area contributed by atoms with Gasteiger partial charge in [-0.1, -0.05) is 0 Å². The number of nitrogens with one attached hydrogen (secondary N) is 2. The summed E-state index contributed by atoms with van der Waals surface area (Å²) in [6, 6.07) is 14.9. The number of hydrogen-bond donors (Lipinski definition) is 2. The number of halogens is 3. The minimum atomic E-state index is -4.62. The Bertz CT molecular complexity index is 2290. The highest BCUT2D eigenvalue weighted by atomic mass is 19.4. The predicted octanol–water partition coefficient (Wildman–Crippen LogP) is 4.68. The number of ether oxygens (including phenoxy) is 1. The van der Waals surface area contributed by atoms with Crippen molar-refractivity contribution in [3.05, 3.63) is 77.0 Å². The summed E-state index contributed by atoms with van der Waals surface area (Å²) in [7, 11) is 0. The third-order valence-electron chi connectivity index (χ3n) is 14.3. The van der Waals surface area contributed by atoms with Gasteiger partial charge in [0.05, 0.1) is 35.7 Å². The molecule has 3 aromatic rings. The molecule has 0 spiro atoms. The number of piperazine rings is 1. The Morgan fingerprint density at radius 2 is 1.54 bits per heavy atom. The molecule has 2 N–H and O–H groups in total. The molecule has 18 heteroatoms. The number of fused-ring (bicyclic) bond motifs is 1. The van der Waals surface area contributed by atoms with Gasteiger partial charge < -0.3 is 34.6 Å². The van der Waals surface area contributed by atoms with Crippen LogP contribution < -0.4 is 25.3 Å². The smallest absolute Gasteiger partial charge is 0.371 e. The molecule has 2 aromatic carbocycles. The van der Waals surface area contributed by atoms with Crippen molar-refractivity contribution in [3.63, 3.8) is 0 Å². The largest absolute Gasteiger partial charge is 0.417 e. The molecular weight excluding hydrogens is 842 g/mol. The van der Waals surface area contributed by atoms with Gasteiger partial charge in [0.1, 0.15) is 18.6 Å². The molecule has 7 heterocycles. The van der Waals surface area contributed by atoms with Crippen LogP contribution in [0.2, 0.25) is 0 Å². The van der Waals surface area contributed by atoms with Crippen molar-refractivity contribution >= 4 is 46.5 Å². The Hall–Kier alpha value is -5.77. The highest BCUT2D eigenvalue weighted by Crippen LogP contribution is 2.36. The molecule has 65 heavy (non-hydrogen) atoms. The van der Waals surface area contributed by atoms with E-state index in [-0.39, 0.29) is 43.4 Å². The van der Waals surface area contributed by atoms with Gasteiger partial charge in [-0.3, -0.25) is 29.4 Å². The lowest BCUT2D eigenvalue weighted by Crippen LogP contribution is -2.63. The summed E-state index contributed by atoms with van der Waals surface area (Å²) in [5.74, 6) is -0.280. The van der Waals surface area contributed by atoms with E-state index in [9.17, 15) is 32.3 Å². The third-order valence-corrected chi connectivity index (χ3v) is 14.3. The zero-order valence-electron chi connectivity index (χ0n) is 36.4. The summed E-state index contributed by atoms with van der Waals surface area (Å²) in [6.45, 7) is 10.3. The number of piperidine rings is 3. The van der Waals surface area contributed by atoms with Crippen LogP contribution in [0.15, 0.2) is 54.7 Å². The first-order valence-electron chi connectivity index (χ1n) is 22.8. The van der Waals surface area contributed by atoms with E-state index in [2.05, 4.69) is 35.2 Å². The third kappa shape index (κ3) is 9.92. The summed E-state index contributed by atoms with van der Waals surface area (Å²) in [6.07, 6.45) is 2.11. The Morgan fingerprint density at radius 3 is 2.23 bits per heavy atom. The molecule has 0 aliphatic carbocycles. The predicted molar refractivity (Wildman–Crippen MR) is 236 cm³/mol. The van der Waals surface area contributed by atoms with Crippen molar-refractivity contribution in [3.8, 4) is 6.07 Å². The van der Waals surface area contributed by atoms with Crippen LogP contribution in [0.5, 0.6) is 0 Å². The lowest BCUT2D eigenvalue weighted by atomic mass is 9.93. The highest BCUT2D eigenvalue weighted by Gasteiger charge is 2.39. The van der Waals surface area contributed by atoms with Crippen molar-refractivity contribution in [2.75, 3.05) is 98.7 Å². The number of pyridine rings is 1. The zero-order valence-corrected chi connectivity index (χ0v) is 36.4. The van der Waals surface area contributed by atoms with Crippen LogP contribution in [0.4, 0.5) is 36.1 Å². The fourth-order valence-corrected chi connectivity index (χ4v) is 10.2. The number of alkyl halides is 3. The molecule has 5 saturated heterocycles. The van der Waals surface area contributed by atoms with Crippen molar-refractivity contribution < 1.29 is 37.1 Å². The maximum Gasteiger partial charge on any atom is 0.417 e. The van der Waals surface area contributed by atoms with Gasteiger partial charge in [-0.05, 0) is 105 Å². The van der Waals surface area contributed by atoms with E-state index in [1.807, 2.05) is 41.4 Å². The fraction of sp³-hybridized carbons (Fsp3) is 0.532. The van der Waals surface area contributed by atoms with Gasteiger partial charge >= 0.3 is 6.18 Å². The van der Waals surface area contributed by atoms with E-state index in [0.717, 1.165) is 94.7 Å². The van der Waals surface area contributed by atoms with E-state index in [1.165, 1.54) is 23.5 Å². The second-order valence-electron chi connectivity index (χ2n) is 18.2. The molecule has 6 aliphatic heterocycles. The quantitative estimate of drug-likeness (QED) is 0.272. The van der Waals surface area contributed by atoms with Gasteiger partial charge in [0.15, 0.2) is 0 Å². The van der Waals surface area contributed by atoms with E-state index in [0.29, 0.717) is 61.4 Å². The van der Waals surface area contributed by atoms with Crippen molar-refractivity contribution in [2.45, 2.75) is 69.8 Å². The minimum Gasteiger partial charge on any atom is -0.371 e. The van der Waals surface area contributed by atoms with Gasteiger partial charge in [-0.15, -0.1) is 0 Å². The lowest BCUT2D eigenvalue weighted by molar-refractivity contribution is -0.139. The molecule has 0 saturated carbocycles. The van der Waals surface area contributed by atoms with Gasteiger partial charge in [-0.2, -0.15) is 18.4 Å². The summed E-state index contributed by atoms with van der Waals surface area (Å²) < 4.78 is 46.3. The van der Waals surface area contributed by atoms with Crippen LogP contribution in [0.1, 0.15) is 72.0 Å². The average molecular weight is 897 g/mol. The van der Waals surface area contributed by atoms with Crippen LogP contribution in [0, 0.1) is 23.2 Å². The maximum atomic E-state index is 13.5. The number of anilines is 4. The van der Waals surface area contributed by atoms with Gasteiger partial charge in [0.25, 0.3) is 5.91 Å². The Morgan fingerprint density at radius 1 is 0.846 bits per heavy atom. The normalized spacial score (nSPS) is 22.2. The molecule has 4 amide bonds. The second-order valence-corrected chi connectivity index (χ2v) is 18.2.